The van der Waals surface area contributed by atoms with Crippen LogP contribution in [0.2, 0.25) is 0 Å². The Labute approximate surface area is 57.9 Å². The summed E-state index contributed by atoms with van der Waals surface area (Å²) in [6.45, 7) is 1.95. The molecule has 48 valence electrons. The van der Waals surface area contributed by atoms with Crippen molar-refractivity contribution in [1.29, 1.82) is 0 Å². The average molecular weight is 181 g/mol. The van der Waals surface area contributed by atoms with Crippen molar-refractivity contribution in [3.8, 4) is 0 Å². The third-order valence-corrected chi connectivity index (χ3v) is 1.42. The lowest BCUT2D eigenvalue weighted by Gasteiger charge is -1.94. The van der Waals surface area contributed by atoms with E-state index in [1.54, 1.807) is 0 Å². The van der Waals surface area contributed by atoms with Crippen LogP contribution in [0.15, 0.2) is 11.9 Å². The van der Waals surface area contributed by atoms with Crippen LogP contribution in [-0.2, 0) is 0 Å². The molecule has 0 spiro atoms. The molecular formula is C6H10BrF. The molecule has 0 bridgehead atoms. The minimum absolute atomic E-state index is 0.696. The van der Waals surface area contributed by atoms with E-state index in [1.165, 1.54) is 0 Å². The number of halogens is 2. The Morgan fingerprint density at radius 1 is 1.75 bits per heavy atom. The summed E-state index contributed by atoms with van der Waals surface area (Å²) in [5.41, 5.74) is 0.877. The fraction of sp³-hybridized carbons (Fsp3) is 0.667. The number of hydrogen-bond acceptors (Lipinski definition) is 0. The Hall–Kier alpha value is 0.150. The first-order valence-corrected chi connectivity index (χ1v) is 3.81. The zero-order valence-corrected chi connectivity index (χ0v) is 6.54. The maximum Gasteiger partial charge on any atom is 0.0859 e. The average Bonchev–Trinajstić information content (AvgIpc) is 1.83. The molecular weight excluding hydrogens is 171 g/mol. The van der Waals surface area contributed by atoms with Crippen molar-refractivity contribution in [2.45, 2.75) is 19.8 Å². The molecule has 0 N–H and O–H groups in total. The van der Waals surface area contributed by atoms with Crippen LogP contribution in [0.3, 0.4) is 0 Å². The summed E-state index contributed by atoms with van der Waals surface area (Å²) in [5, 5.41) is 0.858. The zero-order chi connectivity index (χ0) is 6.41. The van der Waals surface area contributed by atoms with Gasteiger partial charge in [-0.05, 0) is 18.4 Å². The Balaban J connectivity index is 3.38. The van der Waals surface area contributed by atoms with Gasteiger partial charge in [0.1, 0.15) is 0 Å². The fourth-order valence-electron chi connectivity index (χ4n) is 0.430. The van der Waals surface area contributed by atoms with Crippen molar-refractivity contribution in [1.82, 2.24) is 0 Å². The van der Waals surface area contributed by atoms with Crippen LogP contribution in [-0.4, -0.2) is 5.33 Å². The van der Waals surface area contributed by atoms with Gasteiger partial charge in [0.2, 0.25) is 0 Å². The first kappa shape index (κ1) is 8.15. The van der Waals surface area contributed by atoms with Crippen LogP contribution in [0, 0.1) is 0 Å². The van der Waals surface area contributed by atoms with Crippen molar-refractivity contribution in [3.63, 3.8) is 0 Å². The number of alkyl halides is 1. The first-order valence-electron chi connectivity index (χ1n) is 2.69. The van der Waals surface area contributed by atoms with Crippen molar-refractivity contribution in [2.24, 2.45) is 0 Å². The van der Waals surface area contributed by atoms with Gasteiger partial charge >= 0.3 is 0 Å². The van der Waals surface area contributed by atoms with E-state index in [9.17, 15) is 4.39 Å². The lowest BCUT2D eigenvalue weighted by molar-refractivity contribution is 0.695. The largest absolute Gasteiger partial charge is 0.216 e. The molecule has 0 unspecified atom stereocenters. The molecule has 0 saturated carbocycles. The van der Waals surface area contributed by atoms with Crippen LogP contribution >= 0.6 is 15.9 Å². The summed E-state index contributed by atoms with van der Waals surface area (Å²) >= 11 is 3.22. The predicted octanol–water partition coefficient (Wildman–Crippen LogP) is 3.03. The maximum atomic E-state index is 11.7. The Kier molecular flexibility index (Phi) is 5.39. The normalized spacial score (nSPS) is 12.1. The minimum atomic E-state index is 0.696. The van der Waals surface area contributed by atoms with Crippen molar-refractivity contribution >= 4 is 15.9 Å². The van der Waals surface area contributed by atoms with Gasteiger partial charge in [-0.1, -0.05) is 22.9 Å². The number of hydrogen-bond donors (Lipinski definition) is 0. The molecule has 0 aliphatic carbocycles. The standard InChI is InChI=1S/C6H10BrF/c1-2-6(5-8)3-4-7/h5H,2-4H2,1H3. The van der Waals surface area contributed by atoms with E-state index in [2.05, 4.69) is 15.9 Å². The molecule has 0 radical (unpaired) electrons. The molecule has 0 fully saturated rings. The third-order valence-electron chi connectivity index (χ3n) is 1.02. The second-order valence-corrected chi connectivity index (χ2v) is 2.35. The summed E-state index contributed by atoms with van der Waals surface area (Å²) in [5.74, 6) is 0. The first-order chi connectivity index (χ1) is 3.85. The molecule has 0 rings (SSSR count). The molecule has 0 saturated heterocycles. The molecule has 2 heteroatoms. The quantitative estimate of drug-likeness (QED) is 0.587. The van der Waals surface area contributed by atoms with E-state index in [0.717, 1.165) is 23.7 Å². The SMILES string of the molecule is CCC(=CF)CCBr. The van der Waals surface area contributed by atoms with E-state index in [-0.39, 0.29) is 0 Å². The van der Waals surface area contributed by atoms with E-state index < -0.39 is 0 Å². The molecule has 0 aliphatic rings. The fourth-order valence-corrected chi connectivity index (χ4v) is 0.939. The van der Waals surface area contributed by atoms with Gasteiger partial charge in [-0.2, -0.15) is 0 Å². The summed E-state index contributed by atoms with van der Waals surface area (Å²) in [6, 6.07) is 0. The number of rotatable bonds is 3. The topological polar surface area (TPSA) is 0 Å². The molecule has 0 nitrogen and oxygen atoms in total. The molecule has 0 heterocycles. The maximum absolute atomic E-state index is 11.7. The van der Waals surface area contributed by atoms with Crippen LogP contribution < -0.4 is 0 Å². The van der Waals surface area contributed by atoms with E-state index in [1.807, 2.05) is 6.92 Å². The Morgan fingerprint density at radius 2 is 2.38 bits per heavy atom. The van der Waals surface area contributed by atoms with Crippen LogP contribution in [0.4, 0.5) is 4.39 Å². The molecule has 0 aromatic heterocycles. The van der Waals surface area contributed by atoms with E-state index in [4.69, 9.17) is 0 Å². The minimum Gasteiger partial charge on any atom is -0.216 e. The van der Waals surface area contributed by atoms with Crippen molar-refractivity contribution in [3.05, 3.63) is 11.9 Å². The van der Waals surface area contributed by atoms with Gasteiger partial charge in [-0.3, -0.25) is 0 Å². The van der Waals surface area contributed by atoms with E-state index >= 15 is 0 Å². The van der Waals surface area contributed by atoms with Crippen molar-refractivity contribution in [2.75, 3.05) is 5.33 Å². The highest BCUT2D eigenvalue weighted by Gasteiger charge is 1.89. The van der Waals surface area contributed by atoms with Gasteiger partial charge in [0.15, 0.2) is 0 Å². The molecule has 0 aromatic carbocycles. The zero-order valence-electron chi connectivity index (χ0n) is 4.95. The summed E-state index contributed by atoms with van der Waals surface area (Å²) < 4.78 is 11.7. The van der Waals surface area contributed by atoms with E-state index in [0.29, 0.717) is 6.33 Å². The van der Waals surface area contributed by atoms with Gasteiger partial charge in [-0.15, -0.1) is 0 Å². The molecule has 0 amide bonds. The smallest absolute Gasteiger partial charge is 0.0859 e. The van der Waals surface area contributed by atoms with Crippen LogP contribution in [0.5, 0.6) is 0 Å². The van der Waals surface area contributed by atoms with Gasteiger partial charge < -0.3 is 0 Å². The predicted molar refractivity (Wildman–Crippen MR) is 37.9 cm³/mol. The third kappa shape index (κ3) is 3.19. The van der Waals surface area contributed by atoms with Gasteiger partial charge in [0.25, 0.3) is 0 Å². The van der Waals surface area contributed by atoms with Crippen molar-refractivity contribution < 1.29 is 4.39 Å². The highest BCUT2D eigenvalue weighted by molar-refractivity contribution is 9.09. The molecule has 0 aliphatic heterocycles. The highest BCUT2D eigenvalue weighted by Crippen LogP contribution is 2.07. The molecule has 0 aromatic rings. The summed E-state index contributed by atoms with van der Waals surface area (Å²) in [4.78, 5) is 0. The summed E-state index contributed by atoms with van der Waals surface area (Å²) in [6.07, 6.45) is 2.34. The molecule has 0 atom stereocenters. The van der Waals surface area contributed by atoms with Gasteiger partial charge in [-0.25, -0.2) is 4.39 Å². The number of allylic oxidation sites excluding steroid dienone is 1. The monoisotopic (exact) mass is 180 g/mol. The highest BCUT2D eigenvalue weighted by atomic mass is 79.9. The Morgan fingerprint density at radius 3 is 2.50 bits per heavy atom. The Bertz CT molecular complexity index is 78.6. The lowest BCUT2D eigenvalue weighted by atomic mass is 10.2. The summed E-state index contributed by atoms with van der Waals surface area (Å²) in [7, 11) is 0. The lowest BCUT2D eigenvalue weighted by Crippen LogP contribution is -1.79. The second kappa shape index (κ2) is 5.29. The van der Waals surface area contributed by atoms with Gasteiger partial charge in [0.05, 0.1) is 6.33 Å². The van der Waals surface area contributed by atoms with Crippen LogP contribution in [0.1, 0.15) is 19.8 Å². The molecule has 8 heavy (non-hydrogen) atoms. The van der Waals surface area contributed by atoms with Gasteiger partial charge in [0, 0.05) is 5.33 Å². The second-order valence-electron chi connectivity index (χ2n) is 1.56. The van der Waals surface area contributed by atoms with Crippen LogP contribution in [0.25, 0.3) is 0 Å².